The monoisotopic (exact) mass is 339 g/mol. The second kappa shape index (κ2) is 6.59. The third-order valence-corrected chi connectivity index (χ3v) is 3.70. The van der Waals surface area contributed by atoms with Crippen molar-refractivity contribution >= 4 is 33.5 Å². The van der Waals surface area contributed by atoms with Gasteiger partial charge in [0.1, 0.15) is 5.75 Å². The van der Waals surface area contributed by atoms with Gasteiger partial charge >= 0.3 is 10.1 Å². The van der Waals surface area contributed by atoms with Crippen molar-refractivity contribution in [2.45, 2.75) is 0 Å². The van der Waals surface area contributed by atoms with Gasteiger partial charge in [-0.2, -0.15) is 8.42 Å². The van der Waals surface area contributed by atoms with Gasteiger partial charge in [0.2, 0.25) is 0 Å². The maximum absolute atomic E-state index is 11.8. The third-order valence-electron chi connectivity index (χ3n) is 2.56. The lowest BCUT2D eigenvalue weighted by Crippen LogP contribution is -2.05. The van der Waals surface area contributed by atoms with E-state index in [0.29, 0.717) is 10.6 Å². The normalized spacial score (nSPS) is 11.5. The summed E-state index contributed by atoms with van der Waals surface area (Å²) in [4.78, 5) is 9.92. The number of hydrogen-bond acceptors (Lipinski definition) is 5. The molecular weight excluding hydrogens is 330 g/mol. The van der Waals surface area contributed by atoms with E-state index in [1.807, 2.05) is 0 Å². The number of nitro groups is 1. The van der Waals surface area contributed by atoms with Crippen molar-refractivity contribution in [2.75, 3.05) is 0 Å². The average molecular weight is 340 g/mol. The number of nitrogens with zero attached hydrogens (tertiary/aromatic N) is 1. The van der Waals surface area contributed by atoms with Crippen molar-refractivity contribution in [2.24, 2.45) is 0 Å². The van der Waals surface area contributed by atoms with Crippen LogP contribution in [-0.4, -0.2) is 13.3 Å². The van der Waals surface area contributed by atoms with E-state index in [2.05, 4.69) is 0 Å². The van der Waals surface area contributed by atoms with Gasteiger partial charge in [0.15, 0.2) is 0 Å². The van der Waals surface area contributed by atoms with E-state index in [0.717, 1.165) is 17.5 Å². The van der Waals surface area contributed by atoms with Crippen LogP contribution < -0.4 is 4.18 Å². The maximum atomic E-state index is 11.8. The van der Waals surface area contributed by atoms with E-state index in [-0.39, 0.29) is 11.4 Å². The molecule has 0 atom stereocenters. The Kier molecular flexibility index (Phi) is 4.79. The number of halogens is 1. The molecule has 0 amide bonds. The molecule has 0 bridgehead atoms. The Labute approximate surface area is 131 Å². The summed E-state index contributed by atoms with van der Waals surface area (Å²) in [5, 5.41) is 12.0. The first-order chi connectivity index (χ1) is 10.4. The summed E-state index contributed by atoms with van der Waals surface area (Å²) in [5.74, 6) is -0.00800. The Bertz CT molecular complexity index is 798. The number of benzene rings is 2. The molecule has 0 aromatic heterocycles. The average Bonchev–Trinajstić information content (AvgIpc) is 2.47. The minimum atomic E-state index is -3.96. The van der Waals surface area contributed by atoms with Crippen molar-refractivity contribution in [1.82, 2.24) is 0 Å². The highest BCUT2D eigenvalue weighted by molar-refractivity contribution is 7.90. The summed E-state index contributed by atoms with van der Waals surface area (Å²) >= 11 is 5.73. The molecule has 2 rings (SSSR count). The van der Waals surface area contributed by atoms with Crippen LogP contribution in [0.15, 0.2) is 53.9 Å². The molecule has 0 fully saturated rings. The summed E-state index contributed by atoms with van der Waals surface area (Å²) < 4.78 is 28.4. The van der Waals surface area contributed by atoms with E-state index in [1.165, 1.54) is 18.2 Å². The highest BCUT2D eigenvalue weighted by atomic mass is 35.5. The summed E-state index contributed by atoms with van der Waals surface area (Å²) in [6.07, 6.45) is 1.36. The van der Waals surface area contributed by atoms with Crippen LogP contribution in [0.1, 0.15) is 5.56 Å². The third kappa shape index (κ3) is 4.57. The van der Waals surface area contributed by atoms with E-state index in [9.17, 15) is 18.5 Å². The predicted molar refractivity (Wildman–Crippen MR) is 83.1 cm³/mol. The van der Waals surface area contributed by atoms with Gasteiger partial charge in [-0.1, -0.05) is 23.7 Å². The Morgan fingerprint density at radius 1 is 1.05 bits per heavy atom. The Morgan fingerprint density at radius 3 is 2.18 bits per heavy atom. The van der Waals surface area contributed by atoms with Gasteiger partial charge in [0.05, 0.1) is 10.3 Å². The minimum Gasteiger partial charge on any atom is -0.379 e. The van der Waals surface area contributed by atoms with Crippen molar-refractivity contribution in [3.63, 3.8) is 0 Å². The van der Waals surface area contributed by atoms with Gasteiger partial charge in [0.25, 0.3) is 5.69 Å². The second-order valence-electron chi connectivity index (χ2n) is 4.18. The van der Waals surface area contributed by atoms with E-state index < -0.39 is 15.0 Å². The zero-order valence-electron chi connectivity index (χ0n) is 11.0. The van der Waals surface area contributed by atoms with Gasteiger partial charge in [0, 0.05) is 17.2 Å². The van der Waals surface area contributed by atoms with Crippen molar-refractivity contribution in [1.29, 1.82) is 0 Å². The zero-order chi connectivity index (χ0) is 16.2. The van der Waals surface area contributed by atoms with Crippen LogP contribution in [-0.2, 0) is 10.1 Å². The van der Waals surface area contributed by atoms with Crippen LogP contribution >= 0.6 is 11.6 Å². The molecule has 2 aromatic carbocycles. The number of nitro benzene ring substituents is 1. The summed E-state index contributed by atoms with van der Waals surface area (Å²) in [7, 11) is -3.96. The quantitative estimate of drug-likeness (QED) is 0.471. The van der Waals surface area contributed by atoms with E-state index in [4.69, 9.17) is 15.8 Å². The van der Waals surface area contributed by atoms with Crippen molar-refractivity contribution < 1.29 is 17.5 Å². The zero-order valence-corrected chi connectivity index (χ0v) is 12.6. The highest BCUT2D eigenvalue weighted by Crippen LogP contribution is 2.19. The predicted octanol–water partition coefficient (Wildman–Crippen LogP) is 3.63. The number of non-ortho nitro benzene ring substituents is 1. The summed E-state index contributed by atoms with van der Waals surface area (Å²) in [5.41, 5.74) is 0.488. The fourth-order valence-corrected chi connectivity index (χ4v) is 2.41. The molecule has 6 nitrogen and oxygen atoms in total. The molecule has 0 spiro atoms. The SMILES string of the molecule is O=[N+]([O-])c1ccc(OS(=O)(=O)/C=C/c2ccc(Cl)cc2)cc1. The van der Waals surface area contributed by atoms with Crippen LogP contribution in [0.2, 0.25) is 5.02 Å². The molecule has 0 aliphatic rings. The standard InChI is InChI=1S/C14H10ClNO5S/c15-12-3-1-11(2-4-12)9-10-22(19,20)21-14-7-5-13(6-8-14)16(17)18/h1-10H/b10-9+. The maximum Gasteiger partial charge on any atom is 0.332 e. The van der Waals surface area contributed by atoms with Crippen LogP contribution in [0.4, 0.5) is 5.69 Å². The molecule has 0 N–H and O–H groups in total. The fraction of sp³-hybridized carbons (Fsp3) is 0. The summed E-state index contributed by atoms with van der Waals surface area (Å²) in [6, 6.07) is 11.3. The van der Waals surface area contributed by atoms with Gasteiger partial charge in [-0.25, -0.2) is 0 Å². The molecule has 0 aliphatic heterocycles. The summed E-state index contributed by atoms with van der Waals surface area (Å²) in [6.45, 7) is 0. The lowest BCUT2D eigenvalue weighted by molar-refractivity contribution is -0.384. The molecule has 8 heteroatoms. The molecule has 0 saturated heterocycles. The van der Waals surface area contributed by atoms with E-state index in [1.54, 1.807) is 24.3 Å². The molecule has 0 radical (unpaired) electrons. The second-order valence-corrected chi connectivity index (χ2v) is 6.04. The van der Waals surface area contributed by atoms with Crippen molar-refractivity contribution in [3.05, 3.63) is 74.6 Å². The molecule has 0 heterocycles. The van der Waals surface area contributed by atoms with Gasteiger partial charge in [-0.15, -0.1) is 0 Å². The molecule has 114 valence electrons. The van der Waals surface area contributed by atoms with E-state index >= 15 is 0 Å². The molecule has 0 saturated carbocycles. The topological polar surface area (TPSA) is 86.5 Å². The first-order valence-corrected chi connectivity index (χ1v) is 7.83. The largest absolute Gasteiger partial charge is 0.379 e. The fourth-order valence-electron chi connectivity index (χ4n) is 1.52. The molecular formula is C14H10ClNO5S. The van der Waals surface area contributed by atoms with Crippen molar-refractivity contribution in [3.8, 4) is 5.75 Å². The Hall–Kier alpha value is -2.38. The first kappa shape index (κ1) is 16.0. The smallest absolute Gasteiger partial charge is 0.332 e. The lowest BCUT2D eigenvalue weighted by atomic mass is 10.2. The number of rotatable bonds is 5. The molecule has 22 heavy (non-hydrogen) atoms. The van der Waals surface area contributed by atoms with Gasteiger partial charge in [-0.05, 0) is 35.9 Å². The van der Waals surface area contributed by atoms with Crippen LogP contribution in [0, 0.1) is 10.1 Å². The highest BCUT2D eigenvalue weighted by Gasteiger charge is 2.10. The molecule has 0 aliphatic carbocycles. The molecule has 0 unspecified atom stereocenters. The van der Waals surface area contributed by atoms with Gasteiger partial charge < -0.3 is 4.18 Å². The Balaban J connectivity index is 2.10. The first-order valence-electron chi connectivity index (χ1n) is 5.98. The van der Waals surface area contributed by atoms with Crippen LogP contribution in [0.5, 0.6) is 5.75 Å². The van der Waals surface area contributed by atoms with Crippen LogP contribution in [0.25, 0.3) is 6.08 Å². The lowest BCUT2D eigenvalue weighted by Gasteiger charge is -2.02. The Morgan fingerprint density at radius 2 is 1.64 bits per heavy atom. The molecule has 2 aromatic rings. The van der Waals surface area contributed by atoms with Crippen LogP contribution in [0.3, 0.4) is 0 Å². The minimum absolute atomic E-state index is 0.00800. The van der Waals surface area contributed by atoms with Gasteiger partial charge in [-0.3, -0.25) is 10.1 Å². The number of hydrogen-bond donors (Lipinski definition) is 0.